The standard InChI is InChI=1S/C15H16F3N3/c1-9-8-21(12-7-6-11(16)13(17)14(12)18)15(19-9)20-10-4-2-3-5-10/h6-8,10H,2-5H2,1H3,(H,19,20). The Kier molecular flexibility index (Phi) is 3.61. The lowest BCUT2D eigenvalue weighted by Crippen LogP contribution is -2.18. The molecule has 21 heavy (non-hydrogen) atoms. The van der Waals surface area contributed by atoms with Crippen LogP contribution in [0.1, 0.15) is 31.4 Å². The van der Waals surface area contributed by atoms with Crippen LogP contribution in [0.15, 0.2) is 18.3 Å². The predicted octanol–water partition coefficient (Wildman–Crippen LogP) is 3.95. The van der Waals surface area contributed by atoms with Crippen molar-refractivity contribution in [2.75, 3.05) is 5.32 Å². The molecule has 112 valence electrons. The van der Waals surface area contributed by atoms with E-state index in [9.17, 15) is 13.2 Å². The first kappa shape index (κ1) is 14.0. The molecule has 0 amide bonds. The van der Waals surface area contributed by atoms with E-state index >= 15 is 0 Å². The Bertz CT molecular complexity index is 660. The van der Waals surface area contributed by atoms with E-state index in [-0.39, 0.29) is 5.69 Å². The molecule has 0 unspecified atom stereocenters. The van der Waals surface area contributed by atoms with Gasteiger partial charge in [-0.15, -0.1) is 0 Å². The molecule has 1 aromatic carbocycles. The number of rotatable bonds is 3. The van der Waals surface area contributed by atoms with Gasteiger partial charge in [0.2, 0.25) is 5.95 Å². The summed E-state index contributed by atoms with van der Waals surface area (Å²) in [6.07, 6.45) is 5.97. The van der Waals surface area contributed by atoms with E-state index in [4.69, 9.17) is 0 Å². The molecular weight excluding hydrogens is 279 g/mol. The lowest BCUT2D eigenvalue weighted by atomic mass is 10.2. The molecule has 1 aliphatic carbocycles. The number of halogens is 3. The Labute approximate surface area is 120 Å². The summed E-state index contributed by atoms with van der Waals surface area (Å²) in [5.74, 6) is -3.41. The SMILES string of the molecule is Cc1cn(-c2ccc(F)c(F)c2F)c(NC2CCCC2)n1. The molecule has 1 saturated carbocycles. The Morgan fingerprint density at radius 3 is 2.57 bits per heavy atom. The zero-order chi connectivity index (χ0) is 15.0. The third-order valence-electron chi connectivity index (χ3n) is 3.79. The Morgan fingerprint density at radius 1 is 1.14 bits per heavy atom. The average molecular weight is 295 g/mol. The highest BCUT2D eigenvalue weighted by molar-refractivity contribution is 5.45. The van der Waals surface area contributed by atoms with Gasteiger partial charge in [0, 0.05) is 12.2 Å². The lowest BCUT2D eigenvalue weighted by molar-refractivity contribution is 0.445. The zero-order valence-corrected chi connectivity index (χ0v) is 11.7. The molecule has 0 spiro atoms. The van der Waals surface area contributed by atoms with E-state index in [0.717, 1.165) is 31.7 Å². The summed E-state index contributed by atoms with van der Waals surface area (Å²) < 4.78 is 41.9. The first-order valence-electron chi connectivity index (χ1n) is 7.02. The van der Waals surface area contributed by atoms with Crippen molar-refractivity contribution < 1.29 is 13.2 Å². The number of benzene rings is 1. The van der Waals surface area contributed by atoms with Crippen LogP contribution in [0, 0.1) is 24.4 Å². The highest BCUT2D eigenvalue weighted by atomic mass is 19.2. The number of nitrogens with one attached hydrogen (secondary N) is 1. The largest absolute Gasteiger partial charge is 0.353 e. The van der Waals surface area contributed by atoms with Crippen molar-refractivity contribution in [3.63, 3.8) is 0 Å². The number of hydrogen-bond donors (Lipinski definition) is 1. The molecule has 0 aliphatic heterocycles. The van der Waals surface area contributed by atoms with Gasteiger partial charge in [-0.3, -0.25) is 4.57 Å². The summed E-state index contributed by atoms with van der Waals surface area (Å²) in [5, 5.41) is 3.26. The fraction of sp³-hybridized carbons (Fsp3) is 0.400. The van der Waals surface area contributed by atoms with E-state index in [0.29, 0.717) is 17.7 Å². The van der Waals surface area contributed by atoms with Gasteiger partial charge in [-0.05, 0) is 31.9 Å². The maximum absolute atomic E-state index is 14.0. The minimum atomic E-state index is -1.47. The van der Waals surface area contributed by atoms with Gasteiger partial charge in [0.25, 0.3) is 0 Å². The fourth-order valence-corrected chi connectivity index (χ4v) is 2.74. The van der Waals surface area contributed by atoms with Crippen LogP contribution in [0.5, 0.6) is 0 Å². The van der Waals surface area contributed by atoms with Crippen LogP contribution in [-0.4, -0.2) is 15.6 Å². The van der Waals surface area contributed by atoms with E-state index in [1.807, 2.05) is 0 Å². The van der Waals surface area contributed by atoms with Crippen molar-refractivity contribution in [3.8, 4) is 5.69 Å². The van der Waals surface area contributed by atoms with Gasteiger partial charge in [0.15, 0.2) is 17.5 Å². The minimum Gasteiger partial charge on any atom is -0.353 e. The Hall–Kier alpha value is -1.98. The van der Waals surface area contributed by atoms with E-state index in [1.165, 1.54) is 10.6 Å². The van der Waals surface area contributed by atoms with Crippen molar-refractivity contribution in [1.82, 2.24) is 9.55 Å². The van der Waals surface area contributed by atoms with Crippen LogP contribution in [0.3, 0.4) is 0 Å². The van der Waals surface area contributed by atoms with Crippen LogP contribution in [0.4, 0.5) is 19.1 Å². The van der Waals surface area contributed by atoms with E-state index in [2.05, 4.69) is 10.3 Å². The van der Waals surface area contributed by atoms with Gasteiger partial charge in [-0.1, -0.05) is 12.8 Å². The summed E-state index contributed by atoms with van der Waals surface area (Å²) in [4.78, 5) is 4.31. The minimum absolute atomic E-state index is 0.0463. The van der Waals surface area contributed by atoms with E-state index in [1.54, 1.807) is 13.1 Å². The quantitative estimate of drug-likeness (QED) is 0.869. The molecule has 0 bridgehead atoms. The van der Waals surface area contributed by atoms with Crippen LogP contribution in [0.2, 0.25) is 0 Å². The summed E-state index contributed by atoms with van der Waals surface area (Å²) in [7, 11) is 0. The Morgan fingerprint density at radius 2 is 1.86 bits per heavy atom. The first-order chi connectivity index (χ1) is 10.1. The van der Waals surface area contributed by atoms with E-state index < -0.39 is 17.5 Å². The van der Waals surface area contributed by atoms with Gasteiger partial charge >= 0.3 is 0 Å². The molecule has 3 nitrogen and oxygen atoms in total. The molecule has 2 aromatic rings. The van der Waals surface area contributed by atoms with Gasteiger partial charge in [-0.2, -0.15) is 0 Å². The van der Waals surface area contributed by atoms with Crippen LogP contribution in [-0.2, 0) is 0 Å². The van der Waals surface area contributed by atoms with Crippen molar-refractivity contribution in [3.05, 3.63) is 41.5 Å². The normalized spacial score (nSPS) is 15.6. The smallest absolute Gasteiger partial charge is 0.208 e. The third kappa shape index (κ3) is 2.62. The van der Waals surface area contributed by atoms with Crippen molar-refractivity contribution in [1.29, 1.82) is 0 Å². The molecule has 3 rings (SSSR count). The molecule has 1 fully saturated rings. The topological polar surface area (TPSA) is 29.9 Å². The second-order valence-electron chi connectivity index (χ2n) is 5.40. The third-order valence-corrected chi connectivity index (χ3v) is 3.79. The zero-order valence-electron chi connectivity index (χ0n) is 11.7. The lowest BCUT2D eigenvalue weighted by Gasteiger charge is -2.15. The van der Waals surface area contributed by atoms with Crippen molar-refractivity contribution in [2.24, 2.45) is 0 Å². The number of nitrogens with zero attached hydrogens (tertiary/aromatic N) is 2. The molecule has 0 radical (unpaired) electrons. The van der Waals surface area contributed by atoms with Crippen molar-refractivity contribution in [2.45, 2.75) is 38.6 Å². The molecular formula is C15H16F3N3. The fourth-order valence-electron chi connectivity index (χ4n) is 2.74. The van der Waals surface area contributed by atoms with Crippen molar-refractivity contribution >= 4 is 5.95 Å². The maximum Gasteiger partial charge on any atom is 0.208 e. The summed E-state index contributed by atoms with van der Waals surface area (Å²) in [6, 6.07) is 2.43. The monoisotopic (exact) mass is 295 g/mol. The van der Waals surface area contributed by atoms with Crippen LogP contribution >= 0.6 is 0 Å². The highest BCUT2D eigenvalue weighted by Gasteiger charge is 2.21. The van der Waals surface area contributed by atoms with Gasteiger partial charge in [-0.25, -0.2) is 18.2 Å². The average Bonchev–Trinajstić information content (AvgIpc) is 3.07. The first-order valence-corrected chi connectivity index (χ1v) is 7.02. The maximum atomic E-state index is 14.0. The van der Waals surface area contributed by atoms with Gasteiger partial charge in [0.1, 0.15) is 0 Å². The summed E-state index contributed by atoms with van der Waals surface area (Å²) in [6.45, 7) is 1.77. The molecule has 0 atom stereocenters. The molecule has 0 saturated heterocycles. The summed E-state index contributed by atoms with van der Waals surface area (Å²) >= 11 is 0. The van der Waals surface area contributed by atoms with Crippen LogP contribution < -0.4 is 5.32 Å². The number of anilines is 1. The predicted molar refractivity (Wildman–Crippen MR) is 74.1 cm³/mol. The highest BCUT2D eigenvalue weighted by Crippen LogP contribution is 2.26. The van der Waals surface area contributed by atoms with Crippen LogP contribution in [0.25, 0.3) is 5.69 Å². The molecule has 1 aromatic heterocycles. The molecule has 6 heteroatoms. The number of aryl methyl sites for hydroxylation is 1. The summed E-state index contributed by atoms with van der Waals surface area (Å²) in [5.41, 5.74) is 0.634. The number of imidazole rings is 1. The van der Waals surface area contributed by atoms with Gasteiger partial charge < -0.3 is 5.32 Å². The second-order valence-corrected chi connectivity index (χ2v) is 5.40. The molecule has 1 N–H and O–H groups in total. The second kappa shape index (κ2) is 5.42. The number of aromatic nitrogens is 2. The molecule has 1 heterocycles. The number of hydrogen-bond acceptors (Lipinski definition) is 2. The molecule has 1 aliphatic rings. The van der Waals surface area contributed by atoms with Gasteiger partial charge in [0.05, 0.1) is 11.4 Å². The Balaban J connectivity index is 2.00.